The zero-order chi connectivity index (χ0) is 20.3. The normalized spacial score (nSPS) is 11.1. The largest absolute Gasteiger partial charge is 0.506 e. The number of nitrogens with zero attached hydrogens (tertiary/aromatic N) is 2. The number of carbonyl (C=O) groups is 1. The second kappa shape index (κ2) is 7.83. The number of aromatic hydroxyl groups is 2. The lowest BCUT2D eigenvalue weighted by Crippen LogP contribution is -2.30. The average molecular weight is 381 g/mol. The molecule has 0 radical (unpaired) electrons. The maximum Gasteiger partial charge on any atom is 0.280 e. The SMILES string of the molecule is CCOc1cc(/C=N\NC(=O)c2c(O)c3ccccc3n(C)c2=O)ccc1O. The van der Waals surface area contributed by atoms with Crippen molar-refractivity contribution in [2.45, 2.75) is 6.92 Å². The van der Waals surface area contributed by atoms with Crippen molar-refractivity contribution in [3.8, 4) is 17.2 Å². The number of fused-ring (bicyclic) bond motifs is 1. The van der Waals surface area contributed by atoms with Crippen molar-refractivity contribution >= 4 is 23.0 Å². The summed E-state index contributed by atoms with van der Waals surface area (Å²) in [6, 6.07) is 11.3. The Morgan fingerprint density at radius 3 is 2.75 bits per heavy atom. The number of aryl methyl sites for hydroxylation is 1. The maximum absolute atomic E-state index is 12.5. The maximum atomic E-state index is 12.5. The second-order valence-corrected chi connectivity index (χ2v) is 5.96. The van der Waals surface area contributed by atoms with Gasteiger partial charge >= 0.3 is 0 Å². The molecule has 1 amide bonds. The first-order chi connectivity index (χ1) is 13.4. The van der Waals surface area contributed by atoms with E-state index in [1.165, 1.54) is 23.9 Å². The third-order valence-corrected chi connectivity index (χ3v) is 4.17. The van der Waals surface area contributed by atoms with Crippen LogP contribution in [0.5, 0.6) is 17.2 Å². The number of hydrogen-bond donors (Lipinski definition) is 3. The fourth-order valence-electron chi connectivity index (χ4n) is 2.79. The number of ether oxygens (including phenoxy) is 1. The van der Waals surface area contributed by atoms with Crippen LogP contribution >= 0.6 is 0 Å². The Labute approximate surface area is 160 Å². The van der Waals surface area contributed by atoms with E-state index >= 15 is 0 Å². The predicted molar refractivity (Wildman–Crippen MR) is 105 cm³/mol. The number of hydrogen-bond acceptors (Lipinski definition) is 6. The smallest absolute Gasteiger partial charge is 0.280 e. The van der Waals surface area contributed by atoms with E-state index in [0.29, 0.717) is 28.8 Å². The van der Waals surface area contributed by atoms with Gasteiger partial charge in [-0.3, -0.25) is 9.59 Å². The lowest BCUT2D eigenvalue weighted by Gasteiger charge is -2.10. The van der Waals surface area contributed by atoms with Crippen molar-refractivity contribution in [2.24, 2.45) is 12.1 Å². The number of carbonyl (C=O) groups excluding carboxylic acids is 1. The molecule has 0 atom stereocenters. The molecule has 0 aliphatic heterocycles. The number of nitrogens with one attached hydrogen (secondary N) is 1. The summed E-state index contributed by atoms with van der Waals surface area (Å²) in [7, 11) is 1.52. The molecule has 2 aromatic carbocycles. The number of rotatable bonds is 5. The molecule has 0 fully saturated rings. The van der Waals surface area contributed by atoms with Crippen LogP contribution in [0.2, 0.25) is 0 Å². The van der Waals surface area contributed by atoms with Gasteiger partial charge in [0, 0.05) is 12.4 Å². The third-order valence-electron chi connectivity index (χ3n) is 4.17. The van der Waals surface area contributed by atoms with Crippen LogP contribution in [0.1, 0.15) is 22.8 Å². The molecule has 28 heavy (non-hydrogen) atoms. The van der Waals surface area contributed by atoms with Gasteiger partial charge in [0.25, 0.3) is 11.5 Å². The number of pyridine rings is 1. The number of benzene rings is 2. The van der Waals surface area contributed by atoms with Gasteiger partial charge in [0.1, 0.15) is 11.3 Å². The summed E-state index contributed by atoms with van der Waals surface area (Å²) in [5.41, 5.74) is 2.30. The van der Waals surface area contributed by atoms with Crippen LogP contribution in [-0.4, -0.2) is 33.5 Å². The predicted octanol–water partition coefficient (Wildman–Crippen LogP) is 2.11. The first-order valence-electron chi connectivity index (χ1n) is 8.54. The van der Waals surface area contributed by atoms with Crippen LogP contribution < -0.4 is 15.7 Å². The Morgan fingerprint density at radius 2 is 2.00 bits per heavy atom. The van der Waals surface area contributed by atoms with E-state index < -0.39 is 17.2 Å². The fourth-order valence-corrected chi connectivity index (χ4v) is 2.79. The summed E-state index contributed by atoms with van der Waals surface area (Å²) >= 11 is 0. The molecule has 0 bridgehead atoms. The van der Waals surface area contributed by atoms with E-state index in [1.54, 1.807) is 43.3 Å². The molecule has 3 rings (SSSR count). The molecule has 0 aliphatic carbocycles. The van der Waals surface area contributed by atoms with Gasteiger partial charge in [-0.05, 0) is 42.8 Å². The summed E-state index contributed by atoms with van der Waals surface area (Å²) in [6.45, 7) is 2.17. The fraction of sp³-hybridized carbons (Fsp3) is 0.150. The van der Waals surface area contributed by atoms with Gasteiger partial charge in [-0.1, -0.05) is 12.1 Å². The van der Waals surface area contributed by atoms with Crippen molar-refractivity contribution in [1.29, 1.82) is 0 Å². The minimum atomic E-state index is -0.830. The van der Waals surface area contributed by atoms with Crippen LogP contribution in [0.25, 0.3) is 10.9 Å². The van der Waals surface area contributed by atoms with E-state index in [9.17, 15) is 19.8 Å². The zero-order valence-corrected chi connectivity index (χ0v) is 15.3. The quantitative estimate of drug-likeness (QED) is 0.463. The average Bonchev–Trinajstić information content (AvgIpc) is 2.69. The topological polar surface area (TPSA) is 113 Å². The Kier molecular flexibility index (Phi) is 5.30. The molecule has 0 spiro atoms. The van der Waals surface area contributed by atoms with Crippen LogP contribution in [0.3, 0.4) is 0 Å². The number of phenols is 1. The molecule has 3 N–H and O–H groups in total. The van der Waals surface area contributed by atoms with Gasteiger partial charge in [0.05, 0.1) is 18.3 Å². The highest BCUT2D eigenvalue weighted by atomic mass is 16.5. The molecule has 3 aromatic rings. The Hall–Kier alpha value is -3.81. The van der Waals surface area contributed by atoms with E-state index in [-0.39, 0.29) is 11.3 Å². The second-order valence-electron chi connectivity index (χ2n) is 5.96. The lowest BCUT2D eigenvalue weighted by molar-refractivity contribution is 0.0950. The van der Waals surface area contributed by atoms with Gasteiger partial charge in [-0.2, -0.15) is 5.10 Å². The van der Waals surface area contributed by atoms with Crippen LogP contribution in [-0.2, 0) is 7.05 Å². The van der Waals surface area contributed by atoms with Gasteiger partial charge < -0.3 is 19.5 Å². The standard InChI is InChI=1S/C20H19N3O5/c1-3-28-16-10-12(8-9-15(16)24)11-21-22-19(26)17-18(25)13-6-4-5-7-14(13)23(2)20(17)27/h4-11,24-25H,3H2,1-2H3,(H,22,26)/b21-11-. The monoisotopic (exact) mass is 381 g/mol. The minimum absolute atomic E-state index is 0.00683. The molecular formula is C20H19N3O5. The highest BCUT2D eigenvalue weighted by Gasteiger charge is 2.20. The molecule has 1 heterocycles. The molecule has 8 nitrogen and oxygen atoms in total. The number of aromatic nitrogens is 1. The number of hydrazone groups is 1. The highest BCUT2D eigenvalue weighted by Crippen LogP contribution is 2.27. The first kappa shape index (κ1) is 19.0. The number of phenolic OH excluding ortho intramolecular Hbond substituents is 1. The van der Waals surface area contributed by atoms with Crippen molar-refractivity contribution < 1.29 is 19.7 Å². The minimum Gasteiger partial charge on any atom is -0.506 e. The van der Waals surface area contributed by atoms with Gasteiger partial charge in [-0.25, -0.2) is 5.43 Å². The molecule has 144 valence electrons. The van der Waals surface area contributed by atoms with Crippen LogP contribution in [0, 0.1) is 0 Å². The zero-order valence-electron chi connectivity index (χ0n) is 15.3. The van der Waals surface area contributed by atoms with E-state index in [2.05, 4.69) is 10.5 Å². The highest BCUT2D eigenvalue weighted by molar-refractivity contribution is 6.02. The van der Waals surface area contributed by atoms with E-state index in [1.807, 2.05) is 0 Å². The number of para-hydroxylation sites is 1. The first-order valence-corrected chi connectivity index (χ1v) is 8.54. The number of amides is 1. The van der Waals surface area contributed by atoms with Crippen molar-refractivity contribution in [2.75, 3.05) is 6.61 Å². The van der Waals surface area contributed by atoms with Gasteiger partial charge in [-0.15, -0.1) is 0 Å². The van der Waals surface area contributed by atoms with Crippen molar-refractivity contribution in [3.63, 3.8) is 0 Å². The summed E-state index contributed by atoms with van der Waals surface area (Å²) in [6.07, 6.45) is 1.34. The van der Waals surface area contributed by atoms with Crippen molar-refractivity contribution in [1.82, 2.24) is 9.99 Å². The molecule has 0 saturated heterocycles. The summed E-state index contributed by atoms with van der Waals surface area (Å²) in [5.74, 6) is -0.940. The molecule has 0 aliphatic rings. The van der Waals surface area contributed by atoms with E-state index in [0.717, 1.165) is 0 Å². The summed E-state index contributed by atoms with van der Waals surface area (Å²) in [5, 5.41) is 24.3. The lowest BCUT2D eigenvalue weighted by atomic mass is 10.1. The molecule has 1 aromatic heterocycles. The van der Waals surface area contributed by atoms with Crippen LogP contribution in [0.4, 0.5) is 0 Å². The Morgan fingerprint density at radius 1 is 1.25 bits per heavy atom. The molecule has 8 heteroatoms. The van der Waals surface area contributed by atoms with Crippen molar-refractivity contribution in [3.05, 3.63) is 63.9 Å². The van der Waals surface area contributed by atoms with Gasteiger partial charge in [0.2, 0.25) is 0 Å². The molecule has 0 saturated carbocycles. The van der Waals surface area contributed by atoms with Crippen LogP contribution in [0.15, 0.2) is 52.4 Å². The summed E-state index contributed by atoms with van der Waals surface area (Å²) < 4.78 is 6.58. The Balaban J connectivity index is 1.87. The van der Waals surface area contributed by atoms with Gasteiger partial charge in [0.15, 0.2) is 11.5 Å². The molecular weight excluding hydrogens is 362 g/mol. The van der Waals surface area contributed by atoms with E-state index in [4.69, 9.17) is 4.74 Å². The Bertz CT molecular complexity index is 1130. The third kappa shape index (κ3) is 3.52. The molecule has 0 unspecified atom stereocenters. The summed E-state index contributed by atoms with van der Waals surface area (Å²) in [4.78, 5) is 24.9.